The molecule has 1 aromatic carbocycles. The van der Waals surface area contributed by atoms with E-state index in [2.05, 4.69) is 9.88 Å². The predicted molar refractivity (Wildman–Crippen MR) is 117 cm³/mol. The molecule has 5 rings (SSSR count). The maximum atomic E-state index is 13.0. The zero-order valence-electron chi connectivity index (χ0n) is 18.1. The molecule has 2 atom stereocenters. The van der Waals surface area contributed by atoms with Gasteiger partial charge in [0.15, 0.2) is 11.5 Å². The van der Waals surface area contributed by atoms with Crippen molar-refractivity contribution in [1.82, 2.24) is 14.3 Å². The standard InChI is InChI=1S/C24H27N3O4/c1-14-20(30-3)10-18-19-12-26(11-16(19)13-31-23(18)22(14)28)9-7-17-15(2)25-21-6-4-5-8-27(21)24(17)29/h4-6,8,10,16,19,28H,7,9,11-13H2,1-3H3/t16-,19-/m1/s1. The molecule has 2 aliphatic rings. The zero-order valence-corrected chi connectivity index (χ0v) is 18.1. The summed E-state index contributed by atoms with van der Waals surface area (Å²) in [5, 5.41) is 10.6. The Bertz CT molecular complexity index is 1220. The number of hydrogen-bond acceptors (Lipinski definition) is 6. The number of ether oxygens (including phenoxy) is 2. The van der Waals surface area contributed by atoms with Gasteiger partial charge < -0.3 is 19.5 Å². The molecule has 0 saturated carbocycles. The van der Waals surface area contributed by atoms with E-state index in [1.807, 2.05) is 38.1 Å². The van der Waals surface area contributed by atoms with Crippen LogP contribution in [0.5, 0.6) is 17.2 Å². The van der Waals surface area contributed by atoms with Gasteiger partial charge in [-0.25, -0.2) is 4.98 Å². The predicted octanol–water partition coefficient (Wildman–Crippen LogP) is 2.68. The fourth-order valence-corrected chi connectivity index (χ4v) is 5.03. The second-order valence-electron chi connectivity index (χ2n) is 8.57. The fourth-order valence-electron chi connectivity index (χ4n) is 5.03. The van der Waals surface area contributed by atoms with E-state index in [4.69, 9.17) is 9.47 Å². The summed E-state index contributed by atoms with van der Waals surface area (Å²) in [5.41, 5.74) is 3.98. The summed E-state index contributed by atoms with van der Waals surface area (Å²) in [5.74, 6) is 2.09. The molecule has 0 unspecified atom stereocenters. The van der Waals surface area contributed by atoms with Crippen LogP contribution in [-0.4, -0.2) is 52.7 Å². The molecule has 3 aromatic rings. The number of aryl methyl sites for hydroxylation is 1. The Kier molecular flexibility index (Phi) is 4.85. The molecule has 0 aliphatic carbocycles. The van der Waals surface area contributed by atoms with E-state index >= 15 is 0 Å². The molecule has 0 spiro atoms. The maximum absolute atomic E-state index is 13.0. The highest BCUT2D eigenvalue weighted by Crippen LogP contribution is 2.49. The molecule has 0 amide bonds. The number of aromatic hydroxyl groups is 1. The largest absolute Gasteiger partial charge is 0.504 e. The summed E-state index contributed by atoms with van der Waals surface area (Å²) in [6, 6.07) is 7.60. The van der Waals surface area contributed by atoms with E-state index in [1.54, 1.807) is 17.7 Å². The first-order chi connectivity index (χ1) is 15.0. The molecule has 2 aromatic heterocycles. The minimum atomic E-state index is 0.0125. The number of benzene rings is 1. The Morgan fingerprint density at radius 2 is 2.13 bits per heavy atom. The molecule has 1 saturated heterocycles. The molecule has 4 heterocycles. The second kappa shape index (κ2) is 7.57. The quantitative estimate of drug-likeness (QED) is 0.698. The molecule has 2 aliphatic heterocycles. The normalized spacial score (nSPS) is 20.4. The highest BCUT2D eigenvalue weighted by molar-refractivity contribution is 5.59. The monoisotopic (exact) mass is 421 g/mol. The number of fused-ring (bicyclic) bond motifs is 4. The van der Waals surface area contributed by atoms with Crippen molar-refractivity contribution >= 4 is 5.65 Å². The van der Waals surface area contributed by atoms with Crippen molar-refractivity contribution in [1.29, 1.82) is 0 Å². The van der Waals surface area contributed by atoms with Gasteiger partial charge in [-0.1, -0.05) is 6.07 Å². The van der Waals surface area contributed by atoms with Crippen LogP contribution in [0.25, 0.3) is 5.65 Å². The smallest absolute Gasteiger partial charge is 0.261 e. The lowest BCUT2D eigenvalue weighted by Gasteiger charge is -2.29. The lowest BCUT2D eigenvalue weighted by atomic mass is 9.86. The van der Waals surface area contributed by atoms with E-state index in [0.29, 0.717) is 41.7 Å². The van der Waals surface area contributed by atoms with E-state index in [0.717, 1.165) is 36.5 Å². The minimum absolute atomic E-state index is 0.0125. The first-order valence-electron chi connectivity index (χ1n) is 10.7. The van der Waals surface area contributed by atoms with Crippen molar-refractivity contribution < 1.29 is 14.6 Å². The lowest BCUT2D eigenvalue weighted by Crippen LogP contribution is -2.28. The molecule has 162 valence electrons. The number of likely N-dealkylation sites (tertiary alicyclic amines) is 1. The molecular formula is C24H27N3O4. The lowest BCUT2D eigenvalue weighted by molar-refractivity contribution is 0.204. The van der Waals surface area contributed by atoms with Gasteiger partial charge in [0.1, 0.15) is 11.4 Å². The molecule has 1 N–H and O–H groups in total. The third-order valence-electron chi connectivity index (χ3n) is 6.78. The number of hydrogen-bond donors (Lipinski definition) is 1. The van der Waals surface area contributed by atoms with Crippen LogP contribution < -0.4 is 15.0 Å². The maximum Gasteiger partial charge on any atom is 0.261 e. The second-order valence-corrected chi connectivity index (χ2v) is 8.57. The van der Waals surface area contributed by atoms with Crippen molar-refractivity contribution in [2.75, 3.05) is 33.4 Å². The van der Waals surface area contributed by atoms with Crippen molar-refractivity contribution in [3.63, 3.8) is 0 Å². The Morgan fingerprint density at radius 1 is 1.29 bits per heavy atom. The van der Waals surface area contributed by atoms with Crippen LogP contribution in [0.1, 0.15) is 28.3 Å². The number of methoxy groups -OCH3 is 1. The Morgan fingerprint density at radius 3 is 2.94 bits per heavy atom. The van der Waals surface area contributed by atoms with E-state index < -0.39 is 0 Å². The Labute approximate surface area is 180 Å². The fraction of sp³-hybridized carbons (Fsp3) is 0.417. The van der Waals surface area contributed by atoms with Gasteiger partial charge in [0.25, 0.3) is 5.56 Å². The van der Waals surface area contributed by atoms with Crippen LogP contribution in [0.3, 0.4) is 0 Å². The van der Waals surface area contributed by atoms with Gasteiger partial charge in [-0.05, 0) is 38.5 Å². The van der Waals surface area contributed by atoms with Crippen molar-refractivity contribution in [2.24, 2.45) is 5.92 Å². The van der Waals surface area contributed by atoms with E-state index in [1.165, 1.54) is 0 Å². The summed E-state index contributed by atoms with van der Waals surface area (Å²) in [6.07, 6.45) is 2.43. The number of aromatic nitrogens is 2. The van der Waals surface area contributed by atoms with Crippen LogP contribution >= 0.6 is 0 Å². The summed E-state index contributed by atoms with van der Waals surface area (Å²) >= 11 is 0. The minimum Gasteiger partial charge on any atom is -0.504 e. The number of rotatable bonds is 4. The topological polar surface area (TPSA) is 76.3 Å². The van der Waals surface area contributed by atoms with Crippen LogP contribution in [0.4, 0.5) is 0 Å². The molecule has 7 heteroatoms. The van der Waals surface area contributed by atoms with Gasteiger partial charge in [-0.15, -0.1) is 0 Å². The van der Waals surface area contributed by atoms with Gasteiger partial charge >= 0.3 is 0 Å². The van der Waals surface area contributed by atoms with Crippen molar-refractivity contribution in [2.45, 2.75) is 26.2 Å². The molecule has 0 bridgehead atoms. The first-order valence-corrected chi connectivity index (χ1v) is 10.7. The summed E-state index contributed by atoms with van der Waals surface area (Å²) < 4.78 is 13.0. The van der Waals surface area contributed by atoms with Crippen molar-refractivity contribution in [3.05, 3.63) is 63.2 Å². The SMILES string of the molecule is COc1cc2c(c(O)c1C)OC[C@H]1CN(CCc3c(C)nc4ccccn4c3=O)C[C@@H]21. The van der Waals surface area contributed by atoms with Crippen LogP contribution in [-0.2, 0) is 6.42 Å². The zero-order chi connectivity index (χ0) is 21.7. The van der Waals surface area contributed by atoms with E-state index in [-0.39, 0.29) is 17.2 Å². The average molecular weight is 421 g/mol. The van der Waals surface area contributed by atoms with E-state index in [9.17, 15) is 9.90 Å². The van der Waals surface area contributed by atoms with Crippen LogP contribution in [0, 0.1) is 19.8 Å². The third-order valence-corrected chi connectivity index (χ3v) is 6.78. The number of pyridine rings is 1. The summed E-state index contributed by atoms with van der Waals surface area (Å²) in [4.78, 5) is 19.9. The van der Waals surface area contributed by atoms with Crippen LogP contribution in [0.2, 0.25) is 0 Å². The third kappa shape index (κ3) is 3.24. The molecule has 31 heavy (non-hydrogen) atoms. The summed E-state index contributed by atoms with van der Waals surface area (Å²) in [6.45, 7) is 6.90. The average Bonchev–Trinajstić information content (AvgIpc) is 3.19. The van der Waals surface area contributed by atoms with Gasteiger partial charge in [0.05, 0.1) is 13.7 Å². The first kappa shape index (κ1) is 19.9. The molecule has 0 radical (unpaired) electrons. The van der Waals surface area contributed by atoms with Crippen LogP contribution in [0.15, 0.2) is 35.3 Å². The highest BCUT2D eigenvalue weighted by Gasteiger charge is 2.40. The molecule has 1 fully saturated rings. The number of nitrogens with zero attached hydrogens (tertiary/aromatic N) is 3. The number of phenolic OH excluding ortho intramolecular Hbond substituents is 1. The highest BCUT2D eigenvalue weighted by atomic mass is 16.5. The number of phenols is 1. The van der Waals surface area contributed by atoms with Gasteiger partial charge in [0.2, 0.25) is 0 Å². The van der Waals surface area contributed by atoms with Gasteiger partial charge in [-0.2, -0.15) is 0 Å². The molecular weight excluding hydrogens is 394 g/mol. The van der Waals surface area contributed by atoms with Crippen molar-refractivity contribution in [3.8, 4) is 17.2 Å². The van der Waals surface area contributed by atoms with Gasteiger partial charge in [0, 0.05) is 60.1 Å². The van der Waals surface area contributed by atoms with Gasteiger partial charge in [-0.3, -0.25) is 9.20 Å². The summed E-state index contributed by atoms with van der Waals surface area (Å²) in [7, 11) is 1.62. The molecule has 7 nitrogen and oxygen atoms in total. The Balaban J connectivity index is 1.37. The Hall–Kier alpha value is -3.06.